The molecule has 0 aromatic rings. The molecule has 4 atom stereocenters. The molecule has 6 nitrogen and oxygen atoms in total. The zero-order valence-electron chi connectivity index (χ0n) is 16.4. The summed E-state index contributed by atoms with van der Waals surface area (Å²) in [6.45, 7) is 7.90. The van der Waals surface area contributed by atoms with Crippen molar-refractivity contribution >= 4 is 22.8 Å². The van der Waals surface area contributed by atoms with E-state index in [1.54, 1.807) is 7.11 Å². The zero-order valence-corrected chi connectivity index (χ0v) is 17.2. The highest BCUT2D eigenvalue weighted by molar-refractivity contribution is 8.16. The van der Waals surface area contributed by atoms with Gasteiger partial charge in [0.15, 0.2) is 5.17 Å². The van der Waals surface area contributed by atoms with Gasteiger partial charge in [0.2, 0.25) is 0 Å². The highest BCUT2D eigenvalue weighted by Crippen LogP contribution is 2.47. The number of amidine groups is 1. The lowest BCUT2D eigenvalue weighted by atomic mass is 9.90. The minimum atomic E-state index is -0.723. The van der Waals surface area contributed by atoms with Crippen molar-refractivity contribution in [2.24, 2.45) is 16.8 Å². The SMILES string of the molecule is COCCOCCOC(C)(C)C1(C)SC(N[C@H]2C[C@@H]3CC[C@H]2C3)=NC1=O. The van der Waals surface area contributed by atoms with Gasteiger partial charge in [-0.2, -0.15) is 4.99 Å². The largest absolute Gasteiger partial charge is 0.382 e. The molecule has 1 heterocycles. The van der Waals surface area contributed by atoms with Gasteiger partial charge in [-0.3, -0.25) is 4.79 Å². The van der Waals surface area contributed by atoms with Crippen molar-refractivity contribution in [3.05, 3.63) is 0 Å². The molecule has 2 saturated carbocycles. The van der Waals surface area contributed by atoms with Crippen LogP contribution < -0.4 is 5.32 Å². The van der Waals surface area contributed by atoms with E-state index in [-0.39, 0.29) is 5.91 Å². The first kappa shape index (κ1) is 20.1. The van der Waals surface area contributed by atoms with Gasteiger partial charge in [0, 0.05) is 13.2 Å². The first-order valence-corrected chi connectivity index (χ1v) is 10.5. The van der Waals surface area contributed by atoms with Gasteiger partial charge < -0.3 is 19.5 Å². The van der Waals surface area contributed by atoms with Crippen LogP contribution in [0, 0.1) is 11.8 Å². The molecule has 3 rings (SSSR count). The van der Waals surface area contributed by atoms with Gasteiger partial charge >= 0.3 is 0 Å². The lowest BCUT2D eigenvalue weighted by molar-refractivity contribution is -0.130. The third-order valence-corrected chi connectivity index (χ3v) is 7.71. The van der Waals surface area contributed by atoms with Gasteiger partial charge in [0.1, 0.15) is 4.75 Å². The molecule has 3 aliphatic rings. The van der Waals surface area contributed by atoms with Crippen LogP contribution >= 0.6 is 11.8 Å². The number of fused-ring (bicyclic) bond motifs is 2. The molecule has 1 unspecified atom stereocenters. The first-order valence-electron chi connectivity index (χ1n) is 9.65. The van der Waals surface area contributed by atoms with Crippen LogP contribution in [0.4, 0.5) is 0 Å². The summed E-state index contributed by atoms with van der Waals surface area (Å²) in [5.41, 5.74) is -0.638. The zero-order chi connectivity index (χ0) is 18.8. The highest BCUT2D eigenvalue weighted by atomic mass is 32.2. The second-order valence-electron chi connectivity index (χ2n) is 8.25. The Kier molecular flexibility index (Phi) is 6.32. The summed E-state index contributed by atoms with van der Waals surface area (Å²) in [6, 6.07) is 0.480. The second-order valence-corrected chi connectivity index (χ2v) is 9.65. The number of nitrogens with zero attached hydrogens (tertiary/aromatic N) is 1. The van der Waals surface area contributed by atoms with Crippen molar-refractivity contribution in [2.75, 3.05) is 33.5 Å². The molecule has 1 aliphatic heterocycles. The summed E-state index contributed by atoms with van der Waals surface area (Å²) in [4.78, 5) is 17.0. The average molecular weight is 385 g/mol. The second kappa shape index (κ2) is 8.17. The van der Waals surface area contributed by atoms with Crippen molar-refractivity contribution in [1.82, 2.24) is 5.32 Å². The third kappa shape index (κ3) is 4.11. The Bertz CT molecular complexity index is 554. The van der Waals surface area contributed by atoms with Crippen LogP contribution in [0.15, 0.2) is 4.99 Å². The van der Waals surface area contributed by atoms with Gasteiger partial charge in [-0.25, -0.2) is 0 Å². The van der Waals surface area contributed by atoms with E-state index in [0.29, 0.717) is 32.5 Å². The van der Waals surface area contributed by atoms with Crippen LogP contribution in [-0.2, 0) is 19.0 Å². The smallest absolute Gasteiger partial charge is 0.267 e. The number of ether oxygens (including phenoxy) is 3. The van der Waals surface area contributed by atoms with Crippen molar-refractivity contribution in [3.8, 4) is 0 Å². The lowest BCUT2D eigenvalue weighted by Gasteiger charge is -2.38. The fourth-order valence-electron chi connectivity index (χ4n) is 4.22. The number of hydrogen-bond donors (Lipinski definition) is 1. The van der Waals surface area contributed by atoms with Crippen molar-refractivity contribution in [3.63, 3.8) is 0 Å². The summed E-state index contributed by atoms with van der Waals surface area (Å²) >= 11 is 1.52. The predicted molar refractivity (Wildman–Crippen MR) is 104 cm³/mol. The quantitative estimate of drug-likeness (QED) is 0.616. The Morgan fingerprint density at radius 1 is 1.23 bits per heavy atom. The fourth-order valence-corrected chi connectivity index (χ4v) is 5.38. The van der Waals surface area contributed by atoms with Gasteiger partial charge in [-0.15, -0.1) is 0 Å². The van der Waals surface area contributed by atoms with Crippen LogP contribution in [0.5, 0.6) is 0 Å². The summed E-state index contributed by atoms with van der Waals surface area (Å²) < 4.78 is 15.7. The van der Waals surface area contributed by atoms with Crippen LogP contribution in [0.2, 0.25) is 0 Å². The molecule has 2 aliphatic carbocycles. The van der Waals surface area contributed by atoms with E-state index in [1.807, 2.05) is 20.8 Å². The molecule has 0 saturated heterocycles. The standard InChI is InChI=1S/C19H32N2O4S/c1-18(2,25-10-9-24-8-7-23-4)19(3)16(22)21-17(26-19)20-15-12-13-5-6-14(15)11-13/h13-15H,5-12H2,1-4H3,(H,20,21,22)/t13-,14+,15+,19?/m1/s1. The predicted octanol–water partition coefficient (Wildman–Crippen LogP) is 2.61. The monoisotopic (exact) mass is 384 g/mol. The molecule has 26 heavy (non-hydrogen) atoms. The van der Waals surface area contributed by atoms with Crippen molar-refractivity contribution < 1.29 is 19.0 Å². The number of carbonyl (C=O) groups is 1. The molecular formula is C19H32N2O4S. The number of rotatable bonds is 9. The Hall–Kier alpha value is -0.630. The summed E-state index contributed by atoms with van der Waals surface area (Å²) in [6.07, 6.45) is 5.22. The minimum absolute atomic E-state index is 0.113. The van der Waals surface area contributed by atoms with E-state index in [2.05, 4.69) is 10.3 Å². The summed E-state index contributed by atoms with van der Waals surface area (Å²) in [7, 11) is 1.65. The van der Waals surface area contributed by atoms with Gasteiger partial charge in [-0.1, -0.05) is 18.2 Å². The van der Waals surface area contributed by atoms with Crippen molar-refractivity contribution in [1.29, 1.82) is 0 Å². The fraction of sp³-hybridized carbons (Fsp3) is 0.895. The molecule has 1 amide bonds. The van der Waals surface area contributed by atoms with E-state index >= 15 is 0 Å². The number of nitrogens with one attached hydrogen (secondary N) is 1. The topological polar surface area (TPSA) is 69.2 Å². The number of hydrogen-bond acceptors (Lipinski definition) is 6. The molecule has 0 aromatic heterocycles. The van der Waals surface area contributed by atoms with Crippen molar-refractivity contribution in [2.45, 2.75) is 62.8 Å². The number of thioether (sulfide) groups is 1. The maximum Gasteiger partial charge on any atom is 0.267 e. The Labute approximate surface area is 160 Å². The summed E-state index contributed by atoms with van der Waals surface area (Å²) in [5.74, 6) is 1.50. The minimum Gasteiger partial charge on any atom is -0.382 e. The molecular weight excluding hydrogens is 352 g/mol. The molecule has 0 radical (unpaired) electrons. The molecule has 2 fully saturated rings. The van der Waals surface area contributed by atoms with E-state index in [4.69, 9.17) is 14.2 Å². The molecule has 2 bridgehead atoms. The molecule has 0 spiro atoms. The van der Waals surface area contributed by atoms with E-state index in [1.165, 1.54) is 37.4 Å². The average Bonchev–Trinajstić information content (AvgIpc) is 3.27. The van der Waals surface area contributed by atoms with Crippen LogP contribution in [0.3, 0.4) is 0 Å². The Morgan fingerprint density at radius 3 is 2.65 bits per heavy atom. The number of aliphatic imine (C=N–C) groups is 1. The van der Waals surface area contributed by atoms with Crippen LogP contribution in [0.1, 0.15) is 46.5 Å². The first-order chi connectivity index (χ1) is 12.4. The van der Waals surface area contributed by atoms with Gasteiger partial charge in [0.25, 0.3) is 5.91 Å². The number of methoxy groups -OCH3 is 1. The maximum absolute atomic E-state index is 12.7. The van der Waals surface area contributed by atoms with Gasteiger partial charge in [-0.05, 0) is 51.9 Å². The van der Waals surface area contributed by atoms with E-state index in [9.17, 15) is 4.79 Å². The molecule has 1 N–H and O–H groups in total. The maximum atomic E-state index is 12.7. The molecule has 7 heteroatoms. The van der Waals surface area contributed by atoms with Crippen LogP contribution in [0.25, 0.3) is 0 Å². The van der Waals surface area contributed by atoms with Gasteiger partial charge in [0.05, 0.1) is 32.0 Å². The van der Waals surface area contributed by atoms with E-state index < -0.39 is 10.3 Å². The normalized spacial score (nSPS) is 33.8. The molecule has 0 aromatic carbocycles. The molecule has 148 valence electrons. The lowest BCUT2D eigenvalue weighted by Crippen LogP contribution is -2.51. The number of amides is 1. The Balaban J connectivity index is 1.50. The third-order valence-electron chi connectivity index (χ3n) is 6.23. The Morgan fingerprint density at radius 2 is 2.00 bits per heavy atom. The van der Waals surface area contributed by atoms with Crippen LogP contribution in [-0.4, -0.2) is 61.0 Å². The highest BCUT2D eigenvalue weighted by Gasteiger charge is 2.54. The van der Waals surface area contributed by atoms with E-state index in [0.717, 1.165) is 17.0 Å². The summed E-state index contributed by atoms with van der Waals surface area (Å²) in [5, 5.41) is 4.32. The number of carbonyl (C=O) groups excluding carboxylic acids is 1.